The summed E-state index contributed by atoms with van der Waals surface area (Å²) in [5.74, 6) is -0.785. The zero-order valence-electron chi connectivity index (χ0n) is 10.8. The molecule has 0 spiro atoms. The second kappa shape index (κ2) is 5.00. The molecule has 20 heavy (non-hydrogen) atoms. The van der Waals surface area contributed by atoms with Gasteiger partial charge in [0.1, 0.15) is 0 Å². The van der Waals surface area contributed by atoms with Crippen LogP contribution in [0.15, 0.2) is 29.6 Å². The molecule has 0 amide bonds. The Morgan fingerprint density at radius 2 is 2.15 bits per heavy atom. The van der Waals surface area contributed by atoms with Crippen molar-refractivity contribution in [3.63, 3.8) is 0 Å². The lowest BCUT2D eigenvalue weighted by molar-refractivity contribution is 0.386. The van der Waals surface area contributed by atoms with Crippen LogP contribution in [0.4, 0.5) is 15.9 Å². The molecule has 0 aliphatic heterocycles. The van der Waals surface area contributed by atoms with Crippen molar-refractivity contribution in [1.82, 2.24) is 9.55 Å². The van der Waals surface area contributed by atoms with Crippen molar-refractivity contribution in [1.29, 1.82) is 0 Å². The van der Waals surface area contributed by atoms with Gasteiger partial charge in [0.15, 0.2) is 22.4 Å². The molecule has 0 atom stereocenters. The summed E-state index contributed by atoms with van der Waals surface area (Å²) in [6.45, 7) is 0. The predicted octanol–water partition coefficient (Wildman–Crippen LogP) is 0.951. The average molecular weight is 300 g/mol. The summed E-state index contributed by atoms with van der Waals surface area (Å²) >= 11 is 0. The number of ether oxygens (including phenoxy) is 1. The maximum atomic E-state index is 13.5. The van der Waals surface area contributed by atoms with E-state index in [2.05, 4.69) is 9.71 Å². The van der Waals surface area contributed by atoms with Crippen LogP contribution in [-0.2, 0) is 17.1 Å². The SMILES string of the molecule is COc1ccc(NS(=O)(=O)c2c(N)ncn2C)cc1F. The highest BCUT2D eigenvalue weighted by molar-refractivity contribution is 7.92. The molecule has 0 saturated carbocycles. The van der Waals surface area contributed by atoms with E-state index < -0.39 is 15.8 Å². The minimum atomic E-state index is -3.95. The van der Waals surface area contributed by atoms with Gasteiger partial charge in [-0.15, -0.1) is 0 Å². The molecule has 7 nitrogen and oxygen atoms in total. The van der Waals surface area contributed by atoms with Gasteiger partial charge in [-0.3, -0.25) is 4.72 Å². The summed E-state index contributed by atoms with van der Waals surface area (Å²) in [6.07, 6.45) is 1.28. The maximum absolute atomic E-state index is 13.5. The van der Waals surface area contributed by atoms with Crippen LogP contribution >= 0.6 is 0 Å². The van der Waals surface area contributed by atoms with Crippen LogP contribution in [0.3, 0.4) is 0 Å². The molecular weight excluding hydrogens is 287 g/mol. The largest absolute Gasteiger partial charge is 0.494 e. The van der Waals surface area contributed by atoms with E-state index >= 15 is 0 Å². The zero-order valence-corrected chi connectivity index (χ0v) is 11.6. The fraction of sp³-hybridized carbons (Fsp3) is 0.182. The molecule has 1 heterocycles. The minimum Gasteiger partial charge on any atom is -0.494 e. The Kier molecular flexibility index (Phi) is 3.53. The van der Waals surface area contributed by atoms with E-state index in [0.717, 1.165) is 6.07 Å². The van der Waals surface area contributed by atoms with Crippen molar-refractivity contribution < 1.29 is 17.5 Å². The second-order valence-electron chi connectivity index (χ2n) is 4.00. The first-order chi connectivity index (χ1) is 9.35. The predicted molar refractivity (Wildman–Crippen MR) is 71.4 cm³/mol. The Balaban J connectivity index is 2.36. The smallest absolute Gasteiger partial charge is 0.281 e. The number of benzene rings is 1. The van der Waals surface area contributed by atoms with Gasteiger partial charge in [-0.05, 0) is 12.1 Å². The third-order valence-corrected chi connectivity index (χ3v) is 4.08. The van der Waals surface area contributed by atoms with Gasteiger partial charge in [-0.25, -0.2) is 9.37 Å². The summed E-state index contributed by atoms with van der Waals surface area (Å²) in [4.78, 5) is 3.70. The van der Waals surface area contributed by atoms with E-state index in [-0.39, 0.29) is 22.3 Å². The van der Waals surface area contributed by atoms with E-state index in [1.54, 1.807) is 0 Å². The molecule has 0 aliphatic rings. The number of anilines is 2. The highest BCUT2D eigenvalue weighted by Gasteiger charge is 2.22. The average Bonchev–Trinajstić information content (AvgIpc) is 2.69. The molecule has 0 saturated heterocycles. The van der Waals surface area contributed by atoms with Crippen molar-refractivity contribution in [2.45, 2.75) is 5.03 Å². The van der Waals surface area contributed by atoms with E-state index in [1.807, 2.05) is 0 Å². The fourth-order valence-corrected chi connectivity index (χ4v) is 2.99. The quantitative estimate of drug-likeness (QED) is 0.876. The molecule has 1 aromatic carbocycles. The van der Waals surface area contributed by atoms with Gasteiger partial charge >= 0.3 is 0 Å². The molecule has 0 fully saturated rings. The lowest BCUT2D eigenvalue weighted by atomic mass is 10.3. The normalized spacial score (nSPS) is 11.3. The van der Waals surface area contributed by atoms with Crippen LogP contribution < -0.4 is 15.2 Å². The van der Waals surface area contributed by atoms with Gasteiger partial charge in [-0.2, -0.15) is 8.42 Å². The number of halogens is 1. The second-order valence-corrected chi connectivity index (χ2v) is 5.60. The van der Waals surface area contributed by atoms with Crippen LogP contribution in [0.2, 0.25) is 0 Å². The topological polar surface area (TPSA) is 99.2 Å². The van der Waals surface area contributed by atoms with Crippen LogP contribution in [0.1, 0.15) is 0 Å². The summed E-state index contributed by atoms with van der Waals surface area (Å²) in [6, 6.07) is 3.72. The molecule has 0 unspecified atom stereocenters. The number of imidazole rings is 1. The molecule has 108 valence electrons. The highest BCUT2D eigenvalue weighted by Crippen LogP contribution is 2.24. The first kappa shape index (κ1) is 14.1. The number of nitrogens with two attached hydrogens (primary N) is 1. The van der Waals surface area contributed by atoms with Crippen LogP contribution in [0.25, 0.3) is 0 Å². The number of nitrogens with one attached hydrogen (secondary N) is 1. The van der Waals surface area contributed by atoms with Gasteiger partial charge < -0.3 is 15.0 Å². The number of hydrogen-bond donors (Lipinski definition) is 2. The monoisotopic (exact) mass is 300 g/mol. The lowest BCUT2D eigenvalue weighted by Gasteiger charge is -2.10. The summed E-state index contributed by atoms with van der Waals surface area (Å²) < 4.78 is 46.1. The summed E-state index contributed by atoms with van der Waals surface area (Å²) in [5, 5.41) is -0.186. The molecule has 3 N–H and O–H groups in total. The number of hydrogen-bond acceptors (Lipinski definition) is 5. The van der Waals surface area contributed by atoms with E-state index in [9.17, 15) is 12.8 Å². The summed E-state index contributed by atoms with van der Waals surface area (Å²) in [5.41, 5.74) is 5.57. The number of rotatable bonds is 4. The number of methoxy groups -OCH3 is 1. The molecule has 1 aromatic heterocycles. The Morgan fingerprint density at radius 1 is 1.45 bits per heavy atom. The number of aryl methyl sites for hydroxylation is 1. The Bertz CT molecular complexity index is 723. The van der Waals surface area contributed by atoms with Crippen molar-refractivity contribution >= 4 is 21.5 Å². The Hall–Kier alpha value is -2.29. The number of nitrogens with zero attached hydrogens (tertiary/aromatic N) is 2. The van der Waals surface area contributed by atoms with E-state index in [4.69, 9.17) is 10.5 Å². The van der Waals surface area contributed by atoms with Gasteiger partial charge in [-0.1, -0.05) is 0 Å². The van der Waals surface area contributed by atoms with Crippen molar-refractivity contribution in [2.75, 3.05) is 17.6 Å². The first-order valence-corrected chi connectivity index (χ1v) is 6.96. The molecule has 2 rings (SSSR count). The van der Waals surface area contributed by atoms with Gasteiger partial charge in [0.25, 0.3) is 10.0 Å². The van der Waals surface area contributed by atoms with Crippen molar-refractivity contribution in [2.24, 2.45) is 7.05 Å². The molecular formula is C11H13FN4O3S. The van der Waals surface area contributed by atoms with Crippen LogP contribution in [-0.4, -0.2) is 25.1 Å². The standard InChI is InChI=1S/C11H13FN4O3S/c1-16-6-14-10(13)11(16)20(17,18)15-7-3-4-9(19-2)8(12)5-7/h3-6,15H,13H2,1-2H3. The highest BCUT2D eigenvalue weighted by atomic mass is 32.2. The molecule has 0 radical (unpaired) electrons. The van der Waals surface area contributed by atoms with Crippen LogP contribution in [0.5, 0.6) is 5.75 Å². The molecule has 2 aromatic rings. The Labute approximate surface area is 115 Å². The fourth-order valence-electron chi connectivity index (χ4n) is 1.70. The molecule has 0 bridgehead atoms. The molecule has 0 aliphatic carbocycles. The number of nitrogen functional groups attached to an aromatic ring is 1. The lowest BCUT2D eigenvalue weighted by Crippen LogP contribution is -2.17. The van der Waals surface area contributed by atoms with Crippen LogP contribution in [0, 0.1) is 5.82 Å². The number of aromatic nitrogens is 2. The van der Waals surface area contributed by atoms with Gasteiger partial charge in [0, 0.05) is 13.1 Å². The molecule has 9 heteroatoms. The first-order valence-electron chi connectivity index (χ1n) is 5.48. The third kappa shape index (κ3) is 2.52. The summed E-state index contributed by atoms with van der Waals surface area (Å²) in [7, 11) is -1.14. The van der Waals surface area contributed by atoms with E-state index in [1.165, 1.54) is 37.2 Å². The Morgan fingerprint density at radius 3 is 2.65 bits per heavy atom. The van der Waals surface area contributed by atoms with Crippen molar-refractivity contribution in [3.05, 3.63) is 30.3 Å². The van der Waals surface area contributed by atoms with Crippen molar-refractivity contribution in [3.8, 4) is 5.75 Å². The third-order valence-electron chi connectivity index (χ3n) is 2.57. The van der Waals surface area contributed by atoms with Gasteiger partial charge in [0.2, 0.25) is 0 Å². The maximum Gasteiger partial charge on any atom is 0.281 e. The zero-order chi connectivity index (χ0) is 14.9. The number of sulfonamides is 1. The van der Waals surface area contributed by atoms with Gasteiger partial charge in [0.05, 0.1) is 19.1 Å². The minimum absolute atomic E-state index is 0.0213. The van der Waals surface area contributed by atoms with E-state index in [0.29, 0.717) is 0 Å².